The average molecular weight is 210 g/mol. The smallest absolute Gasteiger partial charge is 0.412 e. The Balaban J connectivity index is 2.89. The largest absolute Gasteiger partial charge is 0.632 e. The molecule has 2 unspecified atom stereocenters. The Hall–Kier alpha value is -0.860. The van der Waals surface area contributed by atoms with Crippen LogP contribution in [-0.2, 0) is 9.84 Å². The summed E-state index contributed by atoms with van der Waals surface area (Å²) in [6, 6.07) is 0. The Morgan fingerprint density at radius 1 is 1.69 bits per heavy atom. The highest BCUT2D eigenvalue weighted by Crippen LogP contribution is 2.03. The van der Waals surface area contributed by atoms with Crippen LogP contribution in [0.15, 0.2) is 0 Å². The van der Waals surface area contributed by atoms with Gasteiger partial charge in [-0.05, 0) is 0 Å². The summed E-state index contributed by atoms with van der Waals surface area (Å²) in [6.45, 7) is 0.937. The highest BCUT2D eigenvalue weighted by molar-refractivity contribution is 7.91. The van der Waals surface area contributed by atoms with Crippen LogP contribution in [-0.4, -0.2) is 42.4 Å². The molecule has 1 aliphatic rings. The van der Waals surface area contributed by atoms with Crippen LogP contribution in [0.5, 0.6) is 0 Å². The first-order chi connectivity index (χ1) is 5.84. The molecule has 2 atom stereocenters. The third-order valence-electron chi connectivity index (χ3n) is 1.95. The minimum atomic E-state index is -3.61. The number of nitrogens with zero attached hydrogens (tertiary/aromatic N) is 1. The van der Waals surface area contributed by atoms with Crippen LogP contribution in [0.25, 0.3) is 0 Å². The van der Waals surface area contributed by atoms with Crippen molar-refractivity contribution in [3.8, 4) is 0 Å². The van der Waals surface area contributed by atoms with Gasteiger partial charge in [-0.25, -0.2) is 18.1 Å². The van der Waals surface area contributed by atoms with Crippen molar-refractivity contribution in [1.82, 2.24) is 4.90 Å². The molecule has 0 spiro atoms. The molecule has 1 rings (SSSR count). The molecular weight excluding hydrogens is 200 g/mol. The zero-order valence-electron chi connectivity index (χ0n) is 6.93. The Morgan fingerprint density at radius 2 is 2.23 bits per heavy atom. The minimum absolute atomic E-state index is 0.338. The summed E-state index contributed by atoms with van der Waals surface area (Å²) in [5, 5.41) is 17.9. The van der Waals surface area contributed by atoms with Gasteiger partial charge >= 0.3 is 6.09 Å². The van der Waals surface area contributed by atoms with Crippen LogP contribution in [0.2, 0.25) is 0 Å². The Morgan fingerprint density at radius 3 is 2.62 bits per heavy atom. The standard InChI is InChI=1S/C5H10N2O5S/c1-4-7(10)2-6(5(8)9)3-13(4,11)12/h4,7H,2-3H2,1H3,(H,8,9). The molecule has 1 fully saturated rings. The molecule has 76 valence electrons. The Labute approximate surface area is 75.0 Å². The van der Waals surface area contributed by atoms with E-state index in [1.807, 2.05) is 0 Å². The number of carboxylic acid groups (broad SMARTS) is 1. The Bertz CT molecular complexity index is 313. The van der Waals surface area contributed by atoms with E-state index in [-0.39, 0.29) is 6.67 Å². The first kappa shape index (κ1) is 10.2. The zero-order valence-corrected chi connectivity index (χ0v) is 7.74. The fourth-order valence-electron chi connectivity index (χ4n) is 1.01. The maximum absolute atomic E-state index is 11.2. The van der Waals surface area contributed by atoms with Gasteiger partial charge in [0.05, 0.1) is 0 Å². The second-order valence-corrected chi connectivity index (χ2v) is 5.17. The maximum atomic E-state index is 11.2. The van der Waals surface area contributed by atoms with E-state index < -0.39 is 32.2 Å². The van der Waals surface area contributed by atoms with Crippen molar-refractivity contribution in [2.45, 2.75) is 12.3 Å². The molecule has 1 aliphatic heterocycles. The van der Waals surface area contributed by atoms with Gasteiger partial charge in [0.15, 0.2) is 12.0 Å². The van der Waals surface area contributed by atoms with E-state index in [2.05, 4.69) is 0 Å². The Kier molecular flexibility index (Phi) is 2.46. The van der Waals surface area contributed by atoms with Crippen molar-refractivity contribution in [2.75, 3.05) is 12.5 Å². The van der Waals surface area contributed by atoms with E-state index in [1.165, 1.54) is 6.92 Å². The van der Waals surface area contributed by atoms with Crippen molar-refractivity contribution in [3.05, 3.63) is 5.21 Å². The zero-order chi connectivity index (χ0) is 10.2. The van der Waals surface area contributed by atoms with E-state index in [0.29, 0.717) is 4.90 Å². The SMILES string of the molecule is CC1[NH+]([O-])CN(C(=O)O)CS1(=O)=O. The van der Waals surface area contributed by atoms with Crippen LogP contribution in [0.3, 0.4) is 0 Å². The van der Waals surface area contributed by atoms with Gasteiger partial charge in [-0.3, -0.25) is 0 Å². The van der Waals surface area contributed by atoms with Crippen LogP contribution in [0.4, 0.5) is 4.79 Å². The van der Waals surface area contributed by atoms with Gasteiger partial charge in [0, 0.05) is 6.92 Å². The van der Waals surface area contributed by atoms with Crippen LogP contribution < -0.4 is 5.06 Å². The summed E-state index contributed by atoms with van der Waals surface area (Å²) in [6.07, 6.45) is -1.39. The summed E-state index contributed by atoms with van der Waals surface area (Å²) in [5.74, 6) is -0.588. The number of rotatable bonds is 0. The molecule has 0 saturated carbocycles. The maximum Gasteiger partial charge on any atom is 0.412 e. The number of quaternary nitrogens is 1. The fourth-order valence-corrected chi connectivity index (χ4v) is 2.35. The second kappa shape index (κ2) is 3.13. The lowest BCUT2D eigenvalue weighted by atomic mass is 10.7. The van der Waals surface area contributed by atoms with Crippen molar-refractivity contribution < 1.29 is 23.4 Å². The topological polar surface area (TPSA) is 102 Å². The van der Waals surface area contributed by atoms with E-state index in [9.17, 15) is 18.4 Å². The van der Waals surface area contributed by atoms with Crippen LogP contribution in [0.1, 0.15) is 6.92 Å². The number of carbonyl (C=O) groups is 1. The van der Waals surface area contributed by atoms with Crippen molar-refractivity contribution >= 4 is 15.9 Å². The van der Waals surface area contributed by atoms with Gasteiger partial charge in [-0.2, -0.15) is 0 Å². The molecule has 13 heavy (non-hydrogen) atoms. The molecule has 0 bridgehead atoms. The van der Waals surface area contributed by atoms with Crippen molar-refractivity contribution in [3.63, 3.8) is 0 Å². The normalized spacial score (nSPS) is 32.9. The molecule has 8 heteroatoms. The fraction of sp³-hybridized carbons (Fsp3) is 0.800. The second-order valence-electron chi connectivity index (χ2n) is 2.88. The lowest BCUT2D eigenvalue weighted by Crippen LogP contribution is -3.15. The van der Waals surface area contributed by atoms with Crippen molar-refractivity contribution in [2.24, 2.45) is 0 Å². The summed E-state index contributed by atoms with van der Waals surface area (Å²) in [4.78, 5) is 11.0. The molecule has 0 aromatic heterocycles. The van der Waals surface area contributed by atoms with Gasteiger partial charge in [0.1, 0.15) is 5.88 Å². The molecule has 1 saturated heterocycles. The van der Waals surface area contributed by atoms with Gasteiger partial charge in [0.25, 0.3) is 0 Å². The number of hydroxylamine groups is 2. The average Bonchev–Trinajstić information content (AvgIpc) is 1.99. The summed E-state index contributed by atoms with van der Waals surface area (Å²) < 4.78 is 22.4. The van der Waals surface area contributed by atoms with Gasteiger partial charge in [-0.1, -0.05) is 0 Å². The van der Waals surface area contributed by atoms with Crippen LogP contribution >= 0.6 is 0 Å². The number of hydrogen-bond acceptors (Lipinski definition) is 4. The number of nitrogens with one attached hydrogen (secondary N) is 1. The molecular formula is C5H10N2O5S. The number of sulfone groups is 1. The summed E-state index contributed by atoms with van der Waals surface area (Å²) in [5.41, 5.74) is 0. The molecule has 0 aromatic carbocycles. The quantitative estimate of drug-likeness (QED) is 0.452. The molecule has 2 N–H and O–H groups in total. The highest BCUT2D eigenvalue weighted by Gasteiger charge is 2.37. The first-order valence-electron chi connectivity index (χ1n) is 3.57. The minimum Gasteiger partial charge on any atom is -0.632 e. The lowest BCUT2D eigenvalue weighted by molar-refractivity contribution is -0.870. The van der Waals surface area contributed by atoms with Gasteiger partial charge in [0.2, 0.25) is 9.84 Å². The third-order valence-corrected chi connectivity index (χ3v) is 3.96. The number of amides is 1. The summed E-state index contributed by atoms with van der Waals surface area (Å²) in [7, 11) is -3.61. The number of hydrogen-bond donors (Lipinski definition) is 2. The summed E-state index contributed by atoms with van der Waals surface area (Å²) >= 11 is 0. The molecule has 1 heterocycles. The monoisotopic (exact) mass is 210 g/mol. The molecule has 7 nitrogen and oxygen atoms in total. The van der Waals surface area contributed by atoms with E-state index >= 15 is 0 Å². The van der Waals surface area contributed by atoms with E-state index in [0.717, 1.165) is 0 Å². The molecule has 1 amide bonds. The molecule has 0 aliphatic carbocycles. The van der Waals surface area contributed by atoms with Crippen molar-refractivity contribution in [1.29, 1.82) is 0 Å². The molecule has 0 aromatic rings. The van der Waals surface area contributed by atoms with Gasteiger partial charge in [-0.15, -0.1) is 0 Å². The molecule has 0 radical (unpaired) electrons. The first-order valence-corrected chi connectivity index (χ1v) is 5.28. The third kappa shape index (κ3) is 1.90. The van der Waals surface area contributed by atoms with Gasteiger partial charge < -0.3 is 15.4 Å². The van der Waals surface area contributed by atoms with E-state index in [1.54, 1.807) is 0 Å². The van der Waals surface area contributed by atoms with Crippen LogP contribution in [0, 0.1) is 5.21 Å². The predicted octanol–water partition coefficient (Wildman–Crippen LogP) is -1.96. The highest BCUT2D eigenvalue weighted by atomic mass is 32.2. The van der Waals surface area contributed by atoms with E-state index in [4.69, 9.17) is 5.11 Å². The predicted molar refractivity (Wildman–Crippen MR) is 42.3 cm³/mol. The lowest BCUT2D eigenvalue weighted by Gasteiger charge is -2.37.